The second kappa shape index (κ2) is 3.49. The van der Waals surface area contributed by atoms with Gasteiger partial charge in [-0.05, 0) is 52.5 Å². The van der Waals surface area contributed by atoms with Gasteiger partial charge >= 0.3 is 0 Å². The number of fused-ring (bicyclic) bond motifs is 1. The van der Waals surface area contributed by atoms with E-state index in [0.717, 1.165) is 17.9 Å². The second-order valence-electron chi connectivity index (χ2n) is 5.97. The zero-order valence-electron chi connectivity index (χ0n) is 10.0. The summed E-state index contributed by atoms with van der Waals surface area (Å²) < 4.78 is 0. The number of hydrogen-bond acceptors (Lipinski definition) is 2. The molecular formula is C12H24N2. The highest BCUT2D eigenvalue weighted by Crippen LogP contribution is 2.40. The van der Waals surface area contributed by atoms with Gasteiger partial charge in [0.1, 0.15) is 0 Å². The Morgan fingerprint density at radius 1 is 1.14 bits per heavy atom. The third kappa shape index (κ3) is 1.70. The molecule has 1 aliphatic carbocycles. The predicted octanol–water partition coefficient (Wildman–Crippen LogP) is 1.71. The van der Waals surface area contributed by atoms with E-state index < -0.39 is 0 Å². The standard InChI is InChI=1S/C12H24N2/c1-12(2,3)14-7-9-5-6-11(13-4)10(9)8-14/h9-11,13H,5-8H2,1-4H3. The van der Waals surface area contributed by atoms with Crippen LogP contribution in [0.1, 0.15) is 33.6 Å². The van der Waals surface area contributed by atoms with Crippen molar-refractivity contribution >= 4 is 0 Å². The van der Waals surface area contributed by atoms with Crippen molar-refractivity contribution in [2.45, 2.75) is 45.2 Å². The van der Waals surface area contributed by atoms with Crippen LogP contribution in [0.5, 0.6) is 0 Å². The number of nitrogens with zero attached hydrogens (tertiary/aromatic N) is 1. The summed E-state index contributed by atoms with van der Waals surface area (Å²) in [5.41, 5.74) is 0.364. The lowest BCUT2D eigenvalue weighted by atomic mass is 9.98. The molecule has 0 aromatic rings. The first kappa shape index (κ1) is 10.4. The van der Waals surface area contributed by atoms with Gasteiger partial charge in [-0.2, -0.15) is 0 Å². The van der Waals surface area contributed by atoms with Crippen LogP contribution in [0.2, 0.25) is 0 Å². The monoisotopic (exact) mass is 196 g/mol. The van der Waals surface area contributed by atoms with Crippen LogP contribution in [0.3, 0.4) is 0 Å². The molecule has 0 aromatic heterocycles. The van der Waals surface area contributed by atoms with Crippen LogP contribution in [0, 0.1) is 11.8 Å². The average Bonchev–Trinajstić information content (AvgIpc) is 2.58. The number of likely N-dealkylation sites (tertiary alicyclic amines) is 1. The van der Waals surface area contributed by atoms with Gasteiger partial charge in [0.2, 0.25) is 0 Å². The van der Waals surface area contributed by atoms with Gasteiger partial charge in [-0.25, -0.2) is 0 Å². The van der Waals surface area contributed by atoms with Gasteiger partial charge in [0.25, 0.3) is 0 Å². The minimum Gasteiger partial charge on any atom is -0.317 e. The first-order valence-electron chi connectivity index (χ1n) is 5.94. The zero-order valence-corrected chi connectivity index (χ0v) is 10.0. The maximum absolute atomic E-state index is 3.48. The summed E-state index contributed by atoms with van der Waals surface area (Å²) in [7, 11) is 2.12. The van der Waals surface area contributed by atoms with Crippen molar-refractivity contribution in [3.8, 4) is 0 Å². The Kier molecular flexibility index (Phi) is 2.61. The lowest BCUT2D eigenvalue weighted by molar-refractivity contribution is 0.158. The Morgan fingerprint density at radius 3 is 2.43 bits per heavy atom. The Bertz CT molecular complexity index is 207. The molecule has 2 rings (SSSR count). The van der Waals surface area contributed by atoms with Gasteiger partial charge in [-0.15, -0.1) is 0 Å². The van der Waals surface area contributed by atoms with Crippen molar-refractivity contribution in [2.24, 2.45) is 11.8 Å². The molecule has 3 atom stereocenters. The molecule has 0 spiro atoms. The van der Waals surface area contributed by atoms with E-state index in [9.17, 15) is 0 Å². The lowest BCUT2D eigenvalue weighted by Crippen LogP contribution is -2.41. The molecule has 0 bridgehead atoms. The summed E-state index contributed by atoms with van der Waals surface area (Å²) in [5, 5.41) is 3.48. The molecule has 2 fully saturated rings. The van der Waals surface area contributed by atoms with Gasteiger partial charge < -0.3 is 5.32 Å². The molecule has 82 valence electrons. The molecule has 0 amide bonds. The molecular weight excluding hydrogens is 172 g/mol. The molecule has 14 heavy (non-hydrogen) atoms. The number of rotatable bonds is 1. The third-order valence-corrected chi connectivity index (χ3v) is 4.18. The number of hydrogen-bond donors (Lipinski definition) is 1. The fourth-order valence-electron chi connectivity index (χ4n) is 3.17. The highest BCUT2D eigenvalue weighted by Gasteiger charge is 2.44. The Morgan fingerprint density at radius 2 is 1.86 bits per heavy atom. The Labute approximate surface area is 88.1 Å². The molecule has 1 heterocycles. The quantitative estimate of drug-likeness (QED) is 0.687. The highest BCUT2D eigenvalue weighted by atomic mass is 15.2. The van der Waals surface area contributed by atoms with Crippen LogP contribution in [-0.2, 0) is 0 Å². The predicted molar refractivity (Wildman–Crippen MR) is 60.4 cm³/mol. The minimum absolute atomic E-state index is 0.364. The molecule has 1 aliphatic heterocycles. The molecule has 1 saturated carbocycles. The summed E-state index contributed by atoms with van der Waals surface area (Å²) in [6.07, 6.45) is 2.83. The molecule has 3 unspecified atom stereocenters. The smallest absolute Gasteiger partial charge is 0.0125 e. The van der Waals surface area contributed by atoms with Crippen LogP contribution < -0.4 is 5.32 Å². The second-order valence-corrected chi connectivity index (χ2v) is 5.97. The zero-order chi connectivity index (χ0) is 10.3. The molecule has 2 nitrogen and oxygen atoms in total. The van der Waals surface area contributed by atoms with Crippen molar-refractivity contribution in [3.05, 3.63) is 0 Å². The van der Waals surface area contributed by atoms with Crippen molar-refractivity contribution in [1.29, 1.82) is 0 Å². The van der Waals surface area contributed by atoms with E-state index in [-0.39, 0.29) is 0 Å². The average molecular weight is 196 g/mol. The summed E-state index contributed by atoms with van der Waals surface area (Å²) >= 11 is 0. The maximum atomic E-state index is 3.48. The van der Waals surface area contributed by atoms with E-state index in [1.807, 2.05) is 0 Å². The normalized spacial score (nSPS) is 39.0. The van der Waals surface area contributed by atoms with Gasteiger partial charge in [-0.1, -0.05) is 0 Å². The van der Waals surface area contributed by atoms with Gasteiger partial charge in [-0.3, -0.25) is 4.90 Å². The van der Waals surface area contributed by atoms with Crippen LogP contribution in [0.25, 0.3) is 0 Å². The van der Waals surface area contributed by atoms with E-state index in [0.29, 0.717) is 5.54 Å². The summed E-state index contributed by atoms with van der Waals surface area (Å²) in [6, 6.07) is 0.785. The fourth-order valence-corrected chi connectivity index (χ4v) is 3.17. The van der Waals surface area contributed by atoms with Crippen LogP contribution in [-0.4, -0.2) is 36.6 Å². The molecule has 1 saturated heterocycles. The highest BCUT2D eigenvalue weighted by molar-refractivity contribution is 4.99. The van der Waals surface area contributed by atoms with E-state index in [1.54, 1.807) is 0 Å². The Hall–Kier alpha value is -0.0800. The maximum Gasteiger partial charge on any atom is 0.0125 e. The molecule has 2 heteroatoms. The summed E-state index contributed by atoms with van der Waals surface area (Å²) in [4.78, 5) is 2.66. The van der Waals surface area contributed by atoms with Crippen molar-refractivity contribution < 1.29 is 0 Å². The van der Waals surface area contributed by atoms with E-state index >= 15 is 0 Å². The summed E-state index contributed by atoms with van der Waals surface area (Å²) in [6.45, 7) is 9.64. The first-order valence-corrected chi connectivity index (χ1v) is 5.94. The third-order valence-electron chi connectivity index (χ3n) is 4.18. The number of nitrogens with one attached hydrogen (secondary N) is 1. The van der Waals surface area contributed by atoms with Crippen molar-refractivity contribution in [2.75, 3.05) is 20.1 Å². The minimum atomic E-state index is 0.364. The van der Waals surface area contributed by atoms with Crippen LogP contribution >= 0.6 is 0 Å². The fraction of sp³-hybridized carbons (Fsp3) is 1.00. The van der Waals surface area contributed by atoms with Gasteiger partial charge in [0, 0.05) is 24.7 Å². The van der Waals surface area contributed by atoms with E-state index in [4.69, 9.17) is 0 Å². The van der Waals surface area contributed by atoms with Crippen molar-refractivity contribution in [3.63, 3.8) is 0 Å². The molecule has 2 aliphatic rings. The van der Waals surface area contributed by atoms with E-state index in [1.165, 1.54) is 25.9 Å². The molecule has 1 N–H and O–H groups in total. The van der Waals surface area contributed by atoms with Gasteiger partial charge in [0.15, 0.2) is 0 Å². The first-order chi connectivity index (χ1) is 6.52. The Balaban J connectivity index is 2.01. The summed E-state index contributed by atoms with van der Waals surface area (Å²) in [5.74, 6) is 1.88. The molecule has 0 aromatic carbocycles. The SMILES string of the molecule is CNC1CCC2CN(C(C)(C)C)CC21. The lowest BCUT2D eigenvalue weighted by Gasteiger charge is -2.33. The van der Waals surface area contributed by atoms with Gasteiger partial charge in [0.05, 0.1) is 0 Å². The largest absolute Gasteiger partial charge is 0.317 e. The van der Waals surface area contributed by atoms with Crippen LogP contribution in [0.4, 0.5) is 0 Å². The van der Waals surface area contributed by atoms with E-state index in [2.05, 4.69) is 38.0 Å². The van der Waals surface area contributed by atoms with Crippen molar-refractivity contribution in [1.82, 2.24) is 10.2 Å². The molecule has 0 radical (unpaired) electrons. The topological polar surface area (TPSA) is 15.3 Å². The van der Waals surface area contributed by atoms with Crippen LogP contribution in [0.15, 0.2) is 0 Å².